The van der Waals surface area contributed by atoms with E-state index in [9.17, 15) is 27.9 Å². The number of aliphatic hydroxyl groups excluding tert-OH is 1. The van der Waals surface area contributed by atoms with E-state index in [0.29, 0.717) is 22.6 Å². The van der Waals surface area contributed by atoms with Gasteiger partial charge in [-0.3, -0.25) is 9.59 Å². The summed E-state index contributed by atoms with van der Waals surface area (Å²) >= 11 is 0. The third-order valence-electron chi connectivity index (χ3n) is 6.29. The van der Waals surface area contributed by atoms with Crippen LogP contribution in [0.5, 0.6) is 5.75 Å². The van der Waals surface area contributed by atoms with Crippen molar-refractivity contribution in [1.29, 1.82) is 0 Å². The number of amides is 2. The standard InChI is InChI=1S/C28H27F3N2O5/c1-37-23-12-4-18(5-13-23)14-25(34)32-22-10-6-20(7-11-22)27(36)24-16-38-17-26(35)33(24)15-19-2-8-21(9-3-19)28(29,30)31/h2-13,24,27,36H,14-17H2,1H3,(H,32,34)/t24-,27-/m1/s1. The summed E-state index contributed by atoms with van der Waals surface area (Å²) in [6, 6.07) is 17.6. The molecule has 7 nitrogen and oxygen atoms in total. The summed E-state index contributed by atoms with van der Waals surface area (Å²) in [6.45, 7) is -0.0849. The van der Waals surface area contributed by atoms with Gasteiger partial charge in [-0.25, -0.2) is 0 Å². The molecular formula is C28H27F3N2O5. The largest absolute Gasteiger partial charge is 0.497 e. The van der Waals surface area contributed by atoms with Crippen LogP contribution in [0.25, 0.3) is 0 Å². The van der Waals surface area contributed by atoms with Crippen molar-refractivity contribution in [2.24, 2.45) is 0 Å². The zero-order chi connectivity index (χ0) is 27.3. The minimum Gasteiger partial charge on any atom is -0.497 e. The predicted molar refractivity (Wildman–Crippen MR) is 133 cm³/mol. The van der Waals surface area contributed by atoms with E-state index in [0.717, 1.165) is 17.7 Å². The lowest BCUT2D eigenvalue weighted by molar-refractivity contribution is -0.155. The molecule has 2 N–H and O–H groups in total. The maximum atomic E-state index is 12.9. The highest BCUT2D eigenvalue weighted by molar-refractivity contribution is 5.92. The van der Waals surface area contributed by atoms with E-state index in [1.807, 2.05) is 12.1 Å². The number of anilines is 1. The lowest BCUT2D eigenvalue weighted by Crippen LogP contribution is -2.51. The molecule has 0 aromatic heterocycles. The Balaban J connectivity index is 1.40. The molecule has 0 spiro atoms. The van der Waals surface area contributed by atoms with Crippen LogP contribution in [0, 0.1) is 0 Å². The van der Waals surface area contributed by atoms with Gasteiger partial charge in [0.25, 0.3) is 0 Å². The molecule has 2 atom stereocenters. The minimum atomic E-state index is -4.45. The monoisotopic (exact) mass is 528 g/mol. The molecule has 4 rings (SSSR count). The fraction of sp³-hybridized carbons (Fsp3) is 0.286. The zero-order valence-corrected chi connectivity index (χ0v) is 20.6. The van der Waals surface area contributed by atoms with Crippen molar-refractivity contribution in [3.8, 4) is 5.75 Å². The van der Waals surface area contributed by atoms with Crippen LogP contribution in [0.3, 0.4) is 0 Å². The molecule has 1 fully saturated rings. The summed E-state index contributed by atoms with van der Waals surface area (Å²) in [5.41, 5.74) is 1.59. The number of hydrogen-bond acceptors (Lipinski definition) is 5. The van der Waals surface area contributed by atoms with Crippen molar-refractivity contribution in [3.05, 3.63) is 95.1 Å². The van der Waals surface area contributed by atoms with Crippen LogP contribution >= 0.6 is 0 Å². The molecule has 1 heterocycles. The summed E-state index contributed by atoms with van der Waals surface area (Å²) in [5, 5.41) is 13.9. The highest BCUT2D eigenvalue weighted by Gasteiger charge is 2.35. The van der Waals surface area contributed by atoms with Gasteiger partial charge in [-0.1, -0.05) is 36.4 Å². The fourth-order valence-electron chi connectivity index (χ4n) is 4.21. The number of halogens is 3. The first kappa shape index (κ1) is 27.2. The summed E-state index contributed by atoms with van der Waals surface area (Å²) < 4.78 is 49.1. The second-order valence-electron chi connectivity index (χ2n) is 8.94. The van der Waals surface area contributed by atoms with E-state index in [2.05, 4.69) is 5.32 Å². The van der Waals surface area contributed by atoms with E-state index < -0.39 is 23.9 Å². The molecule has 1 aliphatic heterocycles. The van der Waals surface area contributed by atoms with Crippen LogP contribution in [0.4, 0.5) is 18.9 Å². The number of ether oxygens (including phenoxy) is 2. The third kappa shape index (κ3) is 6.70. The van der Waals surface area contributed by atoms with Gasteiger partial charge in [-0.2, -0.15) is 13.2 Å². The number of hydrogen-bond donors (Lipinski definition) is 2. The van der Waals surface area contributed by atoms with Gasteiger partial charge in [0.15, 0.2) is 0 Å². The fourth-order valence-corrected chi connectivity index (χ4v) is 4.21. The number of nitrogens with zero attached hydrogens (tertiary/aromatic N) is 1. The normalized spacial score (nSPS) is 16.7. The van der Waals surface area contributed by atoms with Crippen molar-refractivity contribution in [1.82, 2.24) is 4.90 Å². The Kier molecular flexibility index (Phi) is 8.33. The van der Waals surface area contributed by atoms with Crippen molar-refractivity contribution in [2.75, 3.05) is 25.6 Å². The number of morpholine rings is 1. The summed E-state index contributed by atoms with van der Waals surface area (Å²) in [5.74, 6) is 0.117. The number of rotatable bonds is 8. The lowest BCUT2D eigenvalue weighted by atomic mass is 9.99. The second-order valence-corrected chi connectivity index (χ2v) is 8.94. The molecule has 1 aliphatic rings. The smallest absolute Gasteiger partial charge is 0.416 e. The van der Waals surface area contributed by atoms with Gasteiger partial charge in [0.2, 0.25) is 11.8 Å². The predicted octanol–water partition coefficient (Wildman–Crippen LogP) is 4.36. The first-order chi connectivity index (χ1) is 18.1. The molecule has 38 heavy (non-hydrogen) atoms. The minimum absolute atomic E-state index is 0.0293. The molecule has 0 saturated carbocycles. The van der Waals surface area contributed by atoms with Crippen LogP contribution in [0.2, 0.25) is 0 Å². The summed E-state index contributed by atoms with van der Waals surface area (Å²) in [6.07, 6.45) is -5.39. The van der Waals surface area contributed by atoms with Crippen LogP contribution < -0.4 is 10.1 Å². The zero-order valence-electron chi connectivity index (χ0n) is 20.6. The number of methoxy groups -OCH3 is 1. The number of carbonyl (C=O) groups excluding carboxylic acids is 2. The number of alkyl halides is 3. The van der Waals surface area contributed by atoms with Crippen LogP contribution in [0.1, 0.15) is 28.4 Å². The maximum Gasteiger partial charge on any atom is 0.416 e. The molecule has 10 heteroatoms. The quantitative estimate of drug-likeness (QED) is 0.454. The van der Waals surface area contributed by atoms with Crippen molar-refractivity contribution < 1.29 is 37.3 Å². The molecule has 1 saturated heterocycles. The highest BCUT2D eigenvalue weighted by Crippen LogP contribution is 2.30. The average molecular weight is 529 g/mol. The Morgan fingerprint density at radius 2 is 1.68 bits per heavy atom. The summed E-state index contributed by atoms with van der Waals surface area (Å²) in [7, 11) is 1.57. The molecule has 0 aliphatic carbocycles. The Morgan fingerprint density at radius 3 is 2.29 bits per heavy atom. The molecule has 0 radical (unpaired) electrons. The first-order valence-corrected chi connectivity index (χ1v) is 11.9. The van der Waals surface area contributed by atoms with Crippen LogP contribution in [-0.2, 0) is 33.5 Å². The molecule has 0 bridgehead atoms. The van der Waals surface area contributed by atoms with Gasteiger partial charge in [0.05, 0.1) is 31.7 Å². The third-order valence-corrected chi connectivity index (χ3v) is 6.29. The van der Waals surface area contributed by atoms with Gasteiger partial charge < -0.3 is 24.8 Å². The molecular weight excluding hydrogens is 501 g/mol. The Hall–Kier alpha value is -3.89. The maximum absolute atomic E-state index is 12.9. The molecule has 200 valence electrons. The number of carbonyl (C=O) groups is 2. The Bertz CT molecular complexity index is 1250. The van der Waals surface area contributed by atoms with Crippen LogP contribution in [-0.4, -0.2) is 48.2 Å². The second kappa shape index (κ2) is 11.7. The van der Waals surface area contributed by atoms with E-state index >= 15 is 0 Å². The Labute approximate surface area is 217 Å². The van der Waals surface area contributed by atoms with E-state index in [-0.39, 0.29) is 38.0 Å². The van der Waals surface area contributed by atoms with Crippen molar-refractivity contribution in [2.45, 2.75) is 31.3 Å². The number of aliphatic hydroxyl groups is 1. The average Bonchev–Trinajstić information content (AvgIpc) is 2.90. The Morgan fingerprint density at radius 1 is 1.05 bits per heavy atom. The first-order valence-electron chi connectivity index (χ1n) is 11.9. The molecule has 0 unspecified atom stereocenters. The molecule has 3 aromatic carbocycles. The van der Waals surface area contributed by atoms with Gasteiger partial charge in [-0.15, -0.1) is 0 Å². The number of nitrogens with one attached hydrogen (secondary N) is 1. The summed E-state index contributed by atoms with van der Waals surface area (Å²) in [4.78, 5) is 26.4. The SMILES string of the molecule is COc1ccc(CC(=O)Nc2ccc([C@@H](O)[C@H]3COCC(=O)N3Cc3ccc(C(F)(F)F)cc3)cc2)cc1. The lowest BCUT2D eigenvalue weighted by Gasteiger charge is -2.38. The topological polar surface area (TPSA) is 88.1 Å². The molecule has 3 aromatic rings. The van der Waals surface area contributed by atoms with Crippen LogP contribution in [0.15, 0.2) is 72.8 Å². The highest BCUT2D eigenvalue weighted by atomic mass is 19.4. The number of benzene rings is 3. The van der Waals surface area contributed by atoms with E-state index in [1.165, 1.54) is 17.0 Å². The van der Waals surface area contributed by atoms with Gasteiger partial charge in [0, 0.05) is 12.2 Å². The molecule has 2 amide bonds. The van der Waals surface area contributed by atoms with E-state index in [1.54, 1.807) is 43.5 Å². The van der Waals surface area contributed by atoms with Gasteiger partial charge in [0.1, 0.15) is 18.5 Å². The van der Waals surface area contributed by atoms with Crippen molar-refractivity contribution >= 4 is 17.5 Å². The van der Waals surface area contributed by atoms with E-state index in [4.69, 9.17) is 9.47 Å². The van der Waals surface area contributed by atoms with Gasteiger partial charge >= 0.3 is 6.18 Å². The van der Waals surface area contributed by atoms with Crippen molar-refractivity contribution in [3.63, 3.8) is 0 Å². The van der Waals surface area contributed by atoms with Gasteiger partial charge in [-0.05, 0) is 53.1 Å².